The lowest BCUT2D eigenvalue weighted by Gasteiger charge is -2.28. The molecule has 3 rings (SSSR count). The number of Topliss-reactive ketones (excluding diaryl/α,β-unsaturated/α-hetero) is 1. The molecule has 0 N–H and O–H groups in total. The van der Waals surface area contributed by atoms with Gasteiger partial charge in [-0.15, -0.1) is 0 Å². The highest BCUT2D eigenvalue weighted by Gasteiger charge is 2.40. The number of benzene rings is 1. The van der Waals surface area contributed by atoms with E-state index in [4.69, 9.17) is 0 Å². The molecule has 2 aliphatic rings. The third-order valence-electron chi connectivity index (χ3n) is 4.45. The molecule has 1 aromatic carbocycles. The number of amides is 1. The van der Waals surface area contributed by atoms with E-state index in [1.54, 1.807) is 17.0 Å². The van der Waals surface area contributed by atoms with Gasteiger partial charge in [-0.3, -0.25) is 9.59 Å². The molecular weight excluding hydrogens is 257 g/mol. The van der Waals surface area contributed by atoms with Gasteiger partial charge < -0.3 is 4.90 Å². The van der Waals surface area contributed by atoms with E-state index < -0.39 is 5.82 Å². The van der Waals surface area contributed by atoms with E-state index in [-0.39, 0.29) is 23.7 Å². The van der Waals surface area contributed by atoms with E-state index in [0.29, 0.717) is 18.5 Å². The molecule has 0 aromatic heterocycles. The Kier molecular flexibility index (Phi) is 3.55. The van der Waals surface area contributed by atoms with Crippen molar-refractivity contribution < 1.29 is 14.0 Å². The van der Waals surface area contributed by atoms with Crippen LogP contribution in [0.25, 0.3) is 0 Å². The van der Waals surface area contributed by atoms with Crippen LogP contribution in [0.5, 0.6) is 0 Å². The minimum absolute atomic E-state index is 0.00462. The van der Waals surface area contributed by atoms with Gasteiger partial charge in [-0.2, -0.15) is 0 Å². The summed E-state index contributed by atoms with van der Waals surface area (Å²) in [5.74, 6) is -0.265. The highest BCUT2D eigenvalue weighted by molar-refractivity contribution is 5.95. The van der Waals surface area contributed by atoms with Crippen molar-refractivity contribution in [2.75, 3.05) is 6.54 Å². The smallest absolute Gasteiger partial charge is 0.254 e. The van der Waals surface area contributed by atoms with Crippen molar-refractivity contribution in [3.8, 4) is 0 Å². The lowest BCUT2D eigenvalue weighted by atomic mass is 9.94. The molecule has 1 aromatic rings. The van der Waals surface area contributed by atoms with Crippen LogP contribution < -0.4 is 0 Å². The predicted molar refractivity (Wildman–Crippen MR) is 72.8 cm³/mol. The number of carbonyl (C=O) groups excluding carboxylic acids is 2. The monoisotopic (exact) mass is 275 g/mol. The van der Waals surface area contributed by atoms with Crippen LogP contribution >= 0.6 is 0 Å². The number of likely N-dealkylation sites (tertiary alicyclic amines) is 1. The third kappa shape index (κ3) is 2.35. The van der Waals surface area contributed by atoms with Crippen molar-refractivity contribution in [1.29, 1.82) is 0 Å². The van der Waals surface area contributed by atoms with E-state index in [1.807, 2.05) is 0 Å². The van der Waals surface area contributed by atoms with E-state index in [2.05, 4.69) is 0 Å². The summed E-state index contributed by atoms with van der Waals surface area (Å²) in [4.78, 5) is 26.2. The lowest BCUT2D eigenvalue weighted by Crippen LogP contribution is -2.41. The van der Waals surface area contributed by atoms with E-state index >= 15 is 0 Å². The van der Waals surface area contributed by atoms with Crippen LogP contribution in [-0.4, -0.2) is 29.2 Å². The van der Waals surface area contributed by atoms with E-state index in [9.17, 15) is 14.0 Å². The normalized spacial score (nSPS) is 26.2. The zero-order valence-corrected chi connectivity index (χ0v) is 11.3. The fourth-order valence-electron chi connectivity index (χ4n) is 3.50. The van der Waals surface area contributed by atoms with Gasteiger partial charge in [0.25, 0.3) is 5.91 Å². The molecule has 1 heterocycles. The first kappa shape index (κ1) is 13.3. The average molecular weight is 275 g/mol. The Balaban J connectivity index is 1.81. The molecule has 1 saturated heterocycles. The summed E-state index contributed by atoms with van der Waals surface area (Å²) < 4.78 is 13.2. The van der Waals surface area contributed by atoms with E-state index in [0.717, 1.165) is 25.7 Å². The molecular formula is C16H18FNO2. The van der Waals surface area contributed by atoms with Gasteiger partial charge >= 0.3 is 0 Å². The molecule has 1 amide bonds. The van der Waals surface area contributed by atoms with Gasteiger partial charge in [0.2, 0.25) is 0 Å². The molecule has 2 atom stereocenters. The van der Waals surface area contributed by atoms with E-state index in [1.165, 1.54) is 12.1 Å². The molecule has 20 heavy (non-hydrogen) atoms. The molecule has 0 spiro atoms. The van der Waals surface area contributed by atoms with Gasteiger partial charge in [0, 0.05) is 30.5 Å². The lowest BCUT2D eigenvalue weighted by molar-refractivity contribution is -0.121. The Morgan fingerprint density at radius 1 is 1.25 bits per heavy atom. The molecule has 4 heteroatoms. The summed E-state index contributed by atoms with van der Waals surface area (Å²) in [6.07, 6.45) is 4.27. The zero-order valence-electron chi connectivity index (χ0n) is 11.3. The van der Waals surface area contributed by atoms with Crippen molar-refractivity contribution in [3.63, 3.8) is 0 Å². The molecule has 2 fully saturated rings. The van der Waals surface area contributed by atoms with Crippen LogP contribution in [-0.2, 0) is 4.79 Å². The number of carbonyl (C=O) groups is 2. The van der Waals surface area contributed by atoms with Crippen molar-refractivity contribution in [2.24, 2.45) is 5.92 Å². The van der Waals surface area contributed by atoms with Crippen molar-refractivity contribution in [1.82, 2.24) is 4.90 Å². The van der Waals surface area contributed by atoms with Crippen molar-refractivity contribution in [2.45, 2.75) is 38.1 Å². The summed E-state index contributed by atoms with van der Waals surface area (Å²) in [7, 11) is 0. The second-order valence-corrected chi connectivity index (χ2v) is 5.68. The average Bonchev–Trinajstić information content (AvgIpc) is 3.06. The maximum absolute atomic E-state index is 13.2. The SMILES string of the molecule is O=C1CCCC1C1CCCN1C(=O)c1cccc(F)c1. The number of nitrogens with zero attached hydrogens (tertiary/aromatic N) is 1. The number of ketones is 1. The van der Waals surface area contributed by atoms with Gasteiger partial charge in [-0.1, -0.05) is 6.07 Å². The Morgan fingerprint density at radius 2 is 2.10 bits per heavy atom. The van der Waals surface area contributed by atoms with Crippen LogP contribution in [0, 0.1) is 11.7 Å². The largest absolute Gasteiger partial charge is 0.335 e. The van der Waals surface area contributed by atoms with Gasteiger partial charge in [-0.05, 0) is 43.9 Å². The molecule has 2 unspecified atom stereocenters. The first-order valence-corrected chi connectivity index (χ1v) is 7.26. The van der Waals surface area contributed by atoms with Gasteiger partial charge in [0.05, 0.1) is 0 Å². The minimum atomic E-state index is -0.400. The molecule has 0 bridgehead atoms. The third-order valence-corrected chi connectivity index (χ3v) is 4.45. The number of hydrogen-bond acceptors (Lipinski definition) is 2. The standard InChI is InChI=1S/C16H18FNO2/c17-12-5-1-4-11(10-12)16(20)18-9-3-7-14(18)13-6-2-8-15(13)19/h1,4-5,10,13-14H,2-3,6-9H2. The molecule has 1 aliphatic heterocycles. The summed E-state index contributed by atoms with van der Waals surface area (Å²) in [6.45, 7) is 0.670. The quantitative estimate of drug-likeness (QED) is 0.832. The fraction of sp³-hybridized carbons (Fsp3) is 0.500. The van der Waals surface area contributed by atoms with Gasteiger partial charge in [-0.25, -0.2) is 4.39 Å². The molecule has 106 valence electrons. The maximum atomic E-state index is 13.2. The highest BCUT2D eigenvalue weighted by Crippen LogP contribution is 2.34. The summed E-state index contributed by atoms with van der Waals surface area (Å²) >= 11 is 0. The first-order chi connectivity index (χ1) is 9.66. The summed E-state index contributed by atoms with van der Waals surface area (Å²) in [5.41, 5.74) is 0.377. The fourth-order valence-corrected chi connectivity index (χ4v) is 3.50. The first-order valence-electron chi connectivity index (χ1n) is 7.26. The predicted octanol–water partition coefficient (Wildman–Crippen LogP) is 2.80. The molecule has 1 aliphatic carbocycles. The van der Waals surface area contributed by atoms with Crippen LogP contribution in [0.1, 0.15) is 42.5 Å². The summed E-state index contributed by atoms with van der Waals surface area (Å²) in [5, 5.41) is 0. The van der Waals surface area contributed by atoms with Crippen LogP contribution in [0.15, 0.2) is 24.3 Å². The van der Waals surface area contributed by atoms with Crippen LogP contribution in [0.2, 0.25) is 0 Å². The maximum Gasteiger partial charge on any atom is 0.254 e. The second kappa shape index (κ2) is 5.35. The Hall–Kier alpha value is -1.71. The Bertz CT molecular complexity index is 543. The number of halogens is 1. The van der Waals surface area contributed by atoms with Crippen LogP contribution in [0.4, 0.5) is 4.39 Å². The topological polar surface area (TPSA) is 37.4 Å². The summed E-state index contributed by atoms with van der Waals surface area (Å²) in [6, 6.07) is 5.80. The Labute approximate surface area is 117 Å². The van der Waals surface area contributed by atoms with Crippen molar-refractivity contribution >= 4 is 11.7 Å². The van der Waals surface area contributed by atoms with Gasteiger partial charge in [0.15, 0.2) is 0 Å². The van der Waals surface area contributed by atoms with Gasteiger partial charge in [0.1, 0.15) is 11.6 Å². The Morgan fingerprint density at radius 3 is 2.80 bits per heavy atom. The number of rotatable bonds is 2. The minimum Gasteiger partial charge on any atom is -0.335 e. The number of hydrogen-bond donors (Lipinski definition) is 0. The molecule has 0 radical (unpaired) electrons. The second-order valence-electron chi connectivity index (χ2n) is 5.68. The zero-order chi connectivity index (χ0) is 14.1. The van der Waals surface area contributed by atoms with Crippen molar-refractivity contribution in [3.05, 3.63) is 35.6 Å². The van der Waals surface area contributed by atoms with Crippen LogP contribution in [0.3, 0.4) is 0 Å². The molecule has 3 nitrogen and oxygen atoms in total. The molecule has 1 saturated carbocycles. The highest BCUT2D eigenvalue weighted by atomic mass is 19.1.